The van der Waals surface area contributed by atoms with Crippen molar-refractivity contribution in [3.8, 4) is 5.88 Å². The van der Waals surface area contributed by atoms with Crippen LogP contribution in [-0.2, 0) is 24.2 Å². The van der Waals surface area contributed by atoms with E-state index in [0.29, 0.717) is 0 Å². The van der Waals surface area contributed by atoms with Crippen molar-refractivity contribution in [2.45, 2.75) is 25.8 Å². The van der Waals surface area contributed by atoms with Crippen molar-refractivity contribution in [3.05, 3.63) is 70.8 Å². The Kier molecular flexibility index (Phi) is 5.93. The van der Waals surface area contributed by atoms with Crippen LogP contribution in [0.3, 0.4) is 0 Å². The van der Waals surface area contributed by atoms with E-state index in [4.69, 9.17) is 9.94 Å². The smallest absolute Gasteiger partial charge is 0.267 e. The number of aromatic amines is 1. The number of carbonyl (C=O) groups excluding carboxylic acids is 1. The predicted octanol–water partition coefficient (Wildman–Crippen LogP) is 3.34. The Bertz CT molecular complexity index is 1020. The van der Waals surface area contributed by atoms with Crippen LogP contribution in [-0.4, -0.2) is 29.3 Å². The molecule has 1 aromatic heterocycles. The first-order valence-corrected chi connectivity index (χ1v) is 9.91. The van der Waals surface area contributed by atoms with Crippen molar-refractivity contribution in [2.24, 2.45) is 0 Å². The molecular weight excluding hydrogens is 366 g/mol. The Morgan fingerprint density at radius 3 is 2.83 bits per heavy atom. The number of hydrogen-bond acceptors (Lipinski definition) is 4. The summed E-state index contributed by atoms with van der Waals surface area (Å²) in [6, 6.07) is 14.6. The van der Waals surface area contributed by atoms with Gasteiger partial charge in [0.25, 0.3) is 5.91 Å². The van der Waals surface area contributed by atoms with Crippen LogP contribution in [0.15, 0.2) is 48.5 Å². The van der Waals surface area contributed by atoms with Crippen LogP contribution >= 0.6 is 0 Å². The monoisotopic (exact) mass is 391 g/mol. The lowest BCUT2D eigenvalue weighted by molar-refractivity contribution is -0.124. The Balaban J connectivity index is 1.29. The van der Waals surface area contributed by atoms with E-state index in [2.05, 4.69) is 28.5 Å². The van der Waals surface area contributed by atoms with E-state index >= 15 is 0 Å². The summed E-state index contributed by atoms with van der Waals surface area (Å²) in [5.41, 5.74) is 7.45. The molecule has 29 heavy (non-hydrogen) atoms. The van der Waals surface area contributed by atoms with E-state index in [9.17, 15) is 4.79 Å². The van der Waals surface area contributed by atoms with Gasteiger partial charge in [0.2, 0.25) is 0 Å². The molecule has 0 radical (unpaired) electrons. The van der Waals surface area contributed by atoms with Gasteiger partial charge in [-0.2, -0.15) is 0 Å². The lowest BCUT2D eigenvalue weighted by atomic mass is 10.0. The lowest BCUT2D eigenvalue weighted by Crippen LogP contribution is -2.16. The minimum Gasteiger partial charge on any atom is -0.479 e. The maximum atomic E-state index is 11.0. The van der Waals surface area contributed by atoms with Crippen molar-refractivity contribution < 1.29 is 14.7 Å². The largest absolute Gasteiger partial charge is 0.479 e. The molecule has 3 aromatic rings. The van der Waals surface area contributed by atoms with Gasteiger partial charge < -0.3 is 15.0 Å². The Morgan fingerprint density at radius 1 is 1.17 bits per heavy atom. The van der Waals surface area contributed by atoms with Gasteiger partial charge in [0.1, 0.15) is 0 Å². The van der Waals surface area contributed by atoms with Gasteiger partial charge in [-0.05, 0) is 60.7 Å². The zero-order valence-electron chi connectivity index (χ0n) is 16.2. The van der Waals surface area contributed by atoms with Gasteiger partial charge in [0.15, 0.2) is 5.88 Å². The fourth-order valence-corrected chi connectivity index (χ4v) is 3.64. The first-order chi connectivity index (χ1) is 14.2. The topological polar surface area (TPSA) is 86.4 Å². The fraction of sp³-hybridized carbons (Fsp3) is 0.261. The average Bonchev–Trinajstić information content (AvgIpc) is 3.14. The minimum absolute atomic E-state index is 0.540. The second-order valence-corrected chi connectivity index (χ2v) is 7.24. The highest BCUT2D eigenvalue weighted by Crippen LogP contribution is 2.32. The van der Waals surface area contributed by atoms with Gasteiger partial charge in [-0.15, -0.1) is 0 Å². The zero-order valence-corrected chi connectivity index (χ0v) is 16.2. The van der Waals surface area contributed by atoms with Crippen molar-refractivity contribution in [2.75, 3.05) is 13.2 Å². The summed E-state index contributed by atoms with van der Waals surface area (Å²) in [5.74, 6) is 0.401. The first kappa shape index (κ1) is 19.2. The third-order valence-corrected chi connectivity index (χ3v) is 5.19. The number of ether oxygens (including phenoxy) is 1. The number of nitrogens with one attached hydrogen (secondary N) is 3. The number of hydroxylamine groups is 1. The van der Waals surface area contributed by atoms with E-state index in [1.54, 1.807) is 11.6 Å². The average molecular weight is 391 g/mol. The van der Waals surface area contributed by atoms with Gasteiger partial charge >= 0.3 is 0 Å². The molecular formula is C23H25N3O3. The van der Waals surface area contributed by atoms with E-state index in [0.717, 1.165) is 55.9 Å². The second kappa shape index (κ2) is 8.94. The van der Waals surface area contributed by atoms with Gasteiger partial charge in [0, 0.05) is 29.1 Å². The van der Waals surface area contributed by atoms with E-state index in [-0.39, 0.29) is 0 Å². The second-order valence-electron chi connectivity index (χ2n) is 7.24. The predicted molar refractivity (Wildman–Crippen MR) is 113 cm³/mol. The number of carbonyl (C=O) groups is 1. The highest BCUT2D eigenvalue weighted by Gasteiger charge is 2.16. The number of H-pyrrole nitrogens is 1. The summed E-state index contributed by atoms with van der Waals surface area (Å²) in [6.45, 7) is 2.48. The van der Waals surface area contributed by atoms with Gasteiger partial charge in [-0.3, -0.25) is 10.0 Å². The molecule has 0 bridgehead atoms. The number of rotatable bonds is 7. The molecule has 2 aromatic carbocycles. The van der Waals surface area contributed by atoms with Crippen LogP contribution in [0.25, 0.3) is 17.0 Å². The number of benzene rings is 2. The molecule has 0 saturated heterocycles. The molecule has 4 rings (SSSR count). The van der Waals surface area contributed by atoms with Gasteiger partial charge in [0.05, 0.1) is 6.61 Å². The first-order valence-electron chi connectivity index (χ1n) is 9.91. The summed E-state index contributed by atoms with van der Waals surface area (Å²) in [6.07, 6.45) is 6.07. The summed E-state index contributed by atoms with van der Waals surface area (Å²) < 4.78 is 5.73. The molecule has 150 valence electrons. The van der Waals surface area contributed by atoms with Crippen molar-refractivity contribution in [1.29, 1.82) is 0 Å². The summed E-state index contributed by atoms with van der Waals surface area (Å²) >= 11 is 0. The third-order valence-electron chi connectivity index (χ3n) is 5.19. The summed E-state index contributed by atoms with van der Waals surface area (Å²) in [7, 11) is 0. The number of amides is 1. The molecule has 0 aliphatic carbocycles. The minimum atomic E-state index is -0.540. The van der Waals surface area contributed by atoms with Gasteiger partial charge in [-0.1, -0.05) is 30.3 Å². The SMILES string of the molecule is O=C(/C=C/c1ccc(CNCCc2ccc3[nH]c4c(c3c2)CCCO4)cc1)NO. The molecule has 1 aliphatic rings. The maximum Gasteiger partial charge on any atom is 0.267 e. The molecule has 0 spiro atoms. The van der Waals surface area contributed by atoms with Gasteiger partial charge in [-0.25, -0.2) is 5.48 Å². The Morgan fingerprint density at radius 2 is 2.00 bits per heavy atom. The normalized spacial score (nSPS) is 13.4. The molecule has 2 heterocycles. The molecule has 0 unspecified atom stereocenters. The highest BCUT2D eigenvalue weighted by molar-refractivity contribution is 5.90. The molecule has 0 saturated carbocycles. The molecule has 6 nitrogen and oxygen atoms in total. The fourth-order valence-electron chi connectivity index (χ4n) is 3.64. The van der Waals surface area contributed by atoms with Crippen molar-refractivity contribution in [3.63, 3.8) is 0 Å². The van der Waals surface area contributed by atoms with Crippen LogP contribution in [0, 0.1) is 0 Å². The summed E-state index contributed by atoms with van der Waals surface area (Å²) in [5, 5.41) is 13.3. The quantitative estimate of drug-likeness (QED) is 0.215. The third kappa shape index (κ3) is 4.67. The number of fused-ring (bicyclic) bond motifs is 3. The number of aromatic nitrogens is 1. The molecule has 4 N–H and O–H groups in total. The Hall–Kier alpha value is -3.09. The Labute approximate surface area is 169 Å². The van der Waals surface area contributed by atoms with E-state index < -0.39 is 5.91 Å². The van der Waals surface area contributed by atoms with Crippen molar-refractivity contribution >= 4 is 22.9 Å². The number of hydrogen-bond donors (Lipinski definition) is 4. The molecule has 1 amide bonds. The van der Waals surface area contributed by atoms with Crippen LogP contribution in [0.2, 0.25) is 0 Å². The standard InChI is InChI=1S/C23H25N3O3/c27-22(26-28)10-8-16-3-5-18(6-4-16)15-24-12-11-17-7-9-21-20(14-17)19-2-1-13-29-23(19)25-21/h3-10,14,24-25,28H,1-2,11-13,15H2,(H,26,27)/b10-8+. The number of aryl methyl sites for hydroxylation is 1. The van der Waals surface area contributed by atoms with Crippen LogP contribution < -0.4 is 15.5 Å². The maximum absolute atomic E-state index is 11.0. The molecule has 6 heteroatoms. The molecule has 1 aliphatic heterocycles. The van der Waals surface area contributed by atoms with Crippen LogP contribution in [0.4, 0.5) is 0 Å². The molecule has 0 atom stereocenters. The summed E-state index contributed by atoms with van der Waals surface area (Å²) in [4.78, 5) is 14.4. The highest BCUT2D eigenvalue weighted by atomic mass is 16.5. The van der Waals surface area contributed by atoms with E-state index in [1.807, 2.05) is 24.3 Å². The van der Waals surface area contributed by atoms with Crippen LogP contribution in [0.5, 0.6) is 5.88 Å². The zero-order chi connectivity index (χ0) is 20.1. The lowest BCUT2D eigenvalue weighted by Gasteiger charge is -2.12. The van der Waals surface area contributed by atoms with E-state index in [1.165, 1.54) is 28.2 Å². The van der Waals surface area contributed by atoms with Crippen LogP contribution in [0.1, 0.15) is 28.7 Å². The molecule has 0 fully saturated rings. The van der Waals surface area contributed by atoms with Crippen molar-refractivity contribution in [1.82, 2.24) is 15.8 Å².